The van der Waals surface area contributed by atoms with Crippen molar-refractivity contribution in [1.82, 2.24) is 0 Å². The average Bonchev–Trinajstić information content (AvgIpc) is 2.27. The van der Waals surface area contributed by atoms with Crippen LogP contribution in [0.1, 0.15) is 25.3 Å². The zero-order chi connectivity index (χ0) is 13.6. The Labute approximate surface area is 111 Å². The van der Waals surface area contributed by atoms with Gasteiger partial charge in [0.05, 0.1) is 0 Å². The molecule has 0 heterocycles. The van der Waals surface area contributed by atoms with E-state index in [4.69, 9.17) is 0 Å². The Balaban J connectivity index is 2.68. The highest BCUT2D eigenvalue weighted by Gasteiger charge is 2.07. The normalized spacial score (nSPS) is 10.4. The van der Waals surface area contributed by atoms with Crippen molar-refractivity contribution in [2.45, 2.75) is 39.4 Å². The molecule has 18 heavy (non-hydrogen) atoms. The van der Waals surface area contributed by atoms with Crippen molar-refractivity contribution in [1.29, 1.82) is 0 Å². The van der Waals surface area contributed by atoms with Gasteiger partial charge < -0.3 is 5.32 Å². The molecule has 0 spiro atoms. The molecule has 0 aliphatic carbocycles. The van der Waals surface area contributed by atoms with E-state index in [0.717, 1.165) is 17.7 Å². The zero-order valence-electron chi connectivity index (χ0n) is 11.6. The van der Waals surface area contributed by atoms with E-state index in [1.54, 1.807) is 0 Å². The van der Waals surface area contributed by atoms with Crippen LogP contribution in [-0.2, 0) is 4.79 Å². The van der Waals surface area contributed by atoms with Crippen molar-refractivity contribution in [3.05, 3.63) is 29.8 Å². The second-order valence-corrected chi connectivity index (χ2v) is 10.1. The Morgan fingerprint density at radius 1 is 1.22 bits per heavy atom. The molecule has 0 saturated heterocycles. The van der Waals surface area contributed by atoms with E-state index in [2.05, 4.69) is 36.4 Å². The number of carbonyl (C=O) groups is 1. The summed E-state index contributed by atoms with van der Waals surface area (Å²) in [5.74, 6) is 3.26. The molecule has 0 radical (unpaired) electrons. The van der Waals surface area contributed by atoms with Gasteiger partial charge >= 0.3 is 0 Å². The highest BCUT2D eigenvalue weighted by Crippen LogP contribution is 2.10. The SMILES string of the molecule is CCCC(=O)Nc1ccc(C#C[Si](C)(C)C)cc1. The maximum atomic E-state index is 11.4. The Kier molecular flexibility index (Phi) is 5.18. The number of rotatable bonds is 3. The lowest BCUT2D eigenvalue weighted by atomic mass is 10.2. The third-order valence-corrected chi connectivity index (χ3v) is 3.10. The second-order valence-electron chi connectivity index (χ2n) is 5.38. The first-order valence-electron chi connectivity index (χ1n) is 6.34. The van der Waals surface area contributed by atoms with Crippen LogP contribution >= 0.6 is 0 Å². The topological polar surface area (TPSA) is 29.1 Å². The molecule has 1 aromatic rings. The molecule has 1 amide bonds. The lowest BCUT2D eigenvalue weighted by molar-refractivity contribution is -0.116. The predicted molar refractivity (Wildman–Crippen MR) is 80.2 cm³/mol. The fraction of sp³-hybridized carbons (Fsp3) is 0.400. The molecule has 0 aromatic heterocycles. The summed E-state index contributed by atoms with van der Waals surface area (Å²) in [4.78, 5) is 11.4. The van der Waals surface area contributed by atoms with Crippen molar-refractivity contribution in [3.8, 4) is 11.5 Å². The molecule has 1 N–H and O–H groups in total. The lowest BCUT2D eigenvalue weighted by Gasteiger charge is -2.05. The first-order valence-corrected chi connectivity index (χ1v) is 9.84. The standard InChI is InChI=1S/C15H21NOSi/c1-5-6-15(17)16-14-9-7-13(8-10-14)11-12-18(2,3)4/h7-10H,5-6H2,1-4H3,(H,16,17). The Morgan fingerprint density at radius 3 is 2.33 bits per heavy atom. The maximum Gasteiger partial charge on any atom is 0.224 e. The van der Waals surface area contributed by atoms with Gasteiger partial charge in [0.1, 0.15) is 8.07 Å². The highest BCUT2D eigenvalue weighted by molar-refractivity contribution is 6.83. The highest BCUT2D eigenvalue weighted by atomic mass is 28.3. The Bertz CT molecular complexity index is 460. The zero-order valence-corrected chi connectivity index (χ0v) is 12.6. The van der Waals surface area contributed by atoms with E-state index in [1.807, 2.05) is 31.2 Å². The second kappa shape index (κ2) is 6.41. The molecule has 0 aliphatic heterocycles. The molecule has 96 valence electrons. The van der Waals surface area contributed by atoms with Crippen LogP contribution in [0.15, 0.2) is 24.3 Å². The molecule has 0 fully saturated rings. The van der Waals surface area contributed by atoms with Gasteiger partial charge in [-0.15, -0.1) is 5.54 Å². The van der Waals surface area contributed by atoms with Crippen molar-refractivity contribution < 1.29 is 4.79 Å². The van der Waals surface area contributed by atoms with Crippen molar-refractivity contribution in [2.75, 3.05) is 5.32 Å². The van der Waals surface area contributed by atoms with E-state index in [0.29, 0.717) is 6.42 Å². The minimum Gasteiger partial charge on any atom is -0.326 e. The van der Waals surface area contributed by atoms with Crippen LogP contribution in [0.4, 0.5) is 5.69 Å². The first kappa shape index (κ1) is 14.5. The Morgan fingerprint density at radius 2 is 1.83 bits per heavy atom. The molecular weight excluding hydrogens is 238 g/mol. The lowest BCUT2D eigenvalue weighted by Crippen LogP contribution is -2.16. The van der Waals surface area contributed by atoms with Crippen LogP contribution in [0, 0.1) is 11.5 Å². The van der Waals surface area contributed by atoms with Gasteiger partial charge in [-0.3, -0.25) is 4.79 Å². The van der Waals surface area contributed by atoms with Crippen LogP contribution in [0.25, 0.3) is 0 Å². The molecule has 0 unspecified atom stereocenters. The molecule has 0 atom stereocenters. The molecule has 0 bridgehead atoms. The maximum absolute atomic E-state index is 11.4. The van der Waals surface area contributed by atoms with Crippen LogP contribution in [0.2, 0.25) is 19.6 Å². The monoisotopic (exact) mass is 259 g/mol. The van der Waals surface area contributed by atoms with E-state index < -0.39 is 8.07 Å². The molecule has 1 aromatic carbocycles. The van der Waals surface area contributed by atoms with Gasteiger partial charge in [-0.1, -0.05) is 32.5 Å². The summed E-state index contributed by atoms with van der Waals surface area (Å²) in [5, 5.41) is 2.86. The van der Waals surface area contributed by atoms with Gasteiger partial charge in [-0.25, -0.2) is 0 Å². The number of hydrogen-bond donors (Lipinski definition) is 1. The van der Waals surface area contributed by atoms with E-state index in [1.165, 1.54) is 0 Å². The number of nitrogens with one attached hydrogen (secondary N) is 1. The van der Waals surface area contributed by atoms with Gasteiger partial charge in [0.2, 0.25) is 5.91 Å². The molecule has 0 aliphatic rings. The van der Waals surface area contributed by atoms with Crippen molar-refractivity contribution in [2.24, 2.45) is 0 Å². The molecular formula is C15H21NOSi. The number of benzene rings is 1. The number of amides is 1. The van der Waals surface area contributed by atoms with Gasteiger partial charge in [-0.2, -0.15) is 0 Å². The minimum absolute atomic E-state index is 0.0680. The van der Waals surface area contributed by atoms with Gasteiger partial charge in [0, 0.05) is 17.7 Å². The minimum atomic E-state index is -1.32. The molecule has 3 heteroatoms. The van der Waals surface area contributed by atoms with Crippen molar-refractivity contribution in [3.63, 3.8) is 0 Å². The van der Waals surface area contributed by atoms with E-state index >= 15 is 0 Å². The number of carbonyl (C=O) groups excluding carboxylic acids is 1. The van der Waals surface area contributed by atoms with E-state index in [-0.39, 0.29) is 5.91 Å². The van der Waals surface area contributed by atoms with E-state index in [9.17, 15) is 4.79 Å². The summed E-state index contributed by atoms with van der Waals surface area (Å²) in [6.07, 6.45) is 1.43. The molecule has 0 saturated carbocycles. The summed E-state index contributed by atoms with van der Waals surface area (Å²) < 4.78 is 0. The van der Waals surface area contributed by atoms with Gasteiger partial charge in [0.25, 0.3) is 0 Å². The van der Waals surface area contributed by atoms with Crippen LogP contribution in [0.3, 0.4) is 0 Å². The van der Waals surface area contributed by atoms with Crippen LogP contribution in [-0.4, -0.2) is 14.0 Å². The summed E-state index contributed by atoms with van der Waals surface area (Å²) in [6.45, 7) is 8.66. The number of anilines is 1. The summed E-state index contributed by atoms with van der Waals surface area (Å²) >= 11 is 0. The van der Waals surface area contributed by atoms with Crippen molar-refractivity contribution >= 4 is 19.7 Å². The molecule has 1 rings (SSSR count). The predicted octanol–water partition coefficient (Wildman–Crippen LogP) is 3.65. The first-order chi connectivity index (χ1) is 8.40. The summed E-state index contributed by atoms with van der Waals surface area (Å²) in [6, 6.07) is 7.72. The summed E-state index contributed by atoms with van der Waals surface area (Å²) in [7, 11) is -1.32. The summed E-state index contributed by atoms with van der Waals surface area (Å²) in [5.41, 5.74) is 5.17. The smallest absolute Gasteiger partial charge is 0.224 e. The van der Waals surface area contributed by atoms with Gasteiger partial charge in [-0.05, 0) is 30.7 Å². The fourth-order valence-electron chi connectivity index (χ4n) is 1.35. The fourth-order valence-corrected chi connectivity index (χ4v) is 1.87. The number of hydrogen-bond acceptors (Lipinski definition) is 1. The molecule has 2 nitrogen and oxygen atoms in total. The average molecular weight is 259 g/mol. The largest absolute Gasteiger partial charge is 0.326 e. The third kappa shape index (κ3) is 5.69. The van der Waals surface area contributed by atoms with Crippen LogP contribution < -0.4 is 5.32 Å². The quantitative estimate of drug-likeness (QED) is 0.651. The van der Waals surface area contributed by atoms with Crippen LogP contribution in [0.5, 0.6) is 0 Å². The van der Waals surface area contributed by atoms with Gasteiger partial charge in [0.15, 0.2) is 0 Å². The Hall–Kier alpha value is -1.53. The third-order valence-electron chi connectivity index (χ3n) is 2.23.